The fraction of sp³-hybridized carbons (Fsp3) is 0.594. The van der Waals surface area contributed by atoms with Gasteiger partial charge in [-0.3, -0.25) is 18.2 Å². The summed E-state index contributed by atoms with van der Waals surface area (Å²) in [4.78, 5) is 13.7. The molecule has 1 heterocycles. The molecule has 1 amide bonds. The summed E-state index contributed by atoms with van der Waals surface area (Å²) in [6.45, 7) is 8.09. The number of benzene rings is 2. The summed E-state index contributed by atoms with van der Waals surface area (Å²) in [7, 11) is -2.93. The Morgan fingerprint density at radius 1 is 1.10 bits per heavy atom. The lowest BCUT2D eigenvalue weighted by Crippen LogP contribution is -2.50. The first-order valence-corrected chi connectivity index (χ1v) is 17.0. The molecule has 2 aliphatic rings. The van der Waals surface area contributed by atoms with Crippen LogP contribution >= 0.6 is 23.2 Å². The summed E-state index contributed by atoms with van der Waals surface area (Å²) < 4.78 is 23.1. The van der Waals surface area contributed by atoms with E-state index in [0.29, 0.717) is 49.0 Å². The maximum Gasteiger partial charge on any atom is 0.251 e. The molecule has 0 unspecified atom stereocenters. The zero-order chi connectivity index (χ0) is 29.5. The van der Waals surface area contributed by atoms with Gasteiger partial charge >= 0.3 is 0 Å². The summed E-state index contributed by atoms with van der Waals surface area (Å²) in [5.41, 5.74) is 2.94. The van der Waals surface area contributed by atoms with Crippen LogP contribution in [-0.4, -0.2) is 63.2 Å². The fourth-order valence-electron chi connectivity index (χ4n) is 5.68. The Labute approximate surface area is 259 Å². The highest BCUT2D eigenvalue weighted by molar-refractivity contribution is 8.25. The molecule has 1 saturated heterocycles. The molecule has 8 nitrogen and oxygen atoms in total. The first kappa shape index (κ1) is 34.5. The van der Waals surface area contributed by atoms with Crippen molar-refractivity contribution in [1.29, 1.82) is 0 Å². The number of nitrogens with one attached hydrogen (secondary N) is 3. The van der Waals surface area contributed by atoms with Gasteiger partial charge in [0.2, 0.25) is 0 Å². The zero-order valence-electron chi connectivity index (χ0n) is 25.3. The quantitative estimate of drug-likeness (QED) is 0.135. The number of carbonyl (C=O) groups is 1. The lowest BCUT2D eigenvalue weighted by Gasteiger charge is -2.47. The van der Waals surface area contributed by atoms with E-state index < -0.39 is 22.9 Å². The first-order valence-electron chi connectivity index (χ1n) is 15.3. The average molecular weight is 623 g/mol. The van der Waals surface area contributed by atoms with E-state index in [0.717, 1.165) is 43.4 Å². The molecule has 1 saturated carbocycles. The van der Waals surface area contributed by atoms with Crippen LogP contribution < -0.4 is 20.3 Å². The molecule has 236 valence electrons. The van der Waals surface area contributed by atoms with E-state index in [2.05, 4.69) is 29.8 Å². The number of rotatable bonds is 15. The maximum absolute atomic E-state index is 13.7. The molecule has 1 aliphatic carbocycles. The van der Waals surface area contributed by atoms with Crippen molar-refractivity contribution in [3.8, 4) is 0 Å². The minimum Gasteiger partial charge on any atom is -0.390 e. The molecule has 2 aromatic rings. The number of halogens is 1. The number of β-amino-alcohol motifs (C(OH)–C–C–N with tert-alkyl or cyclic N) is 1. The van der Waals surface area contributed by atoms with Gasteiger partial charge in [-0.25, -0.2) is 0 Å². The summed E-state index contributed by atoms with van der Waals surface area (Å²) in [5, 5.41) is 21.4. The number of hydrogen-bond acceptors (Lipinski definition) is 7. The van der Waals surface area contributed by atoms with Gasteiger partial charge in [-0.15, -0.1) is 23.2 Å². The number of anilines is 2. The Kier molecular flexibility index (Phi) is 12.8. The number of carbonyl (C=O) groups excluding carboxylic acids is 1. The van der Waals surface area contributed by atoms with Gasteiger partial charge in [0.05, 0.1) is 23.6 Å². The van der Waals surface area contributed by atoms with E-state index in [1.54, 1.807) is 16.4 Å². The monoisotopic (exact) mass is 622 g/mol. The van der Waals surface area contributed by atoms with Crippen molar-refractivity contribution in [2.24, 2.45) is 5.92 Å². The normalized spacial score (nSPS) is 19.4. The van der Waals surface area contributed by atoms with Crippen LogP contribution in [0.4, 0.5) is 11.4 Å². The van der Waals surface area contributed by atoms with E-state index >= 15 is 0 Å². The second kappa shape index (κ2) is 15.6. The van der Waals surface area contributed by atoms with Crippen LogP contribution in [0.15, 0.2) is 48.5 Å². The Bertz CT molecular complexity index is 1130. The molecule has 10 heteroatoms. The summed E-state index contributed by atoms with van der Waals surface area (Å²) in [6.07, 6.45) is 7.12. The molecule has 4 rings (SSSR count). The zero-order valence-corrected chi connectivity index (χ0v) is 27.0. The van der Waals surface area contributed by atoms with Crippen molar-refractivity contribution < 1.29 is 19.0 Å². The predicted octanol–water partition coefficient (Wildman–Crippen LogP) is 6.46. The molecule has 2 atom stereocenters. The molecule has 0 radical (unpaired) electrons. The van der Waals surface area contributed by atoms with Gasteiger partial charge in [0.25, 0.3) is 5.91 Å². The van der Waals surface area contributed by atoms with Crippen LogP contribution in [0.1, 0.15) is 81.6 Å². The Hall–Kier alpha value is -2.01. The van der Waals surface area contributed by atoms with E-state index in [4.69, 9.17) is 0 Å². The first-order chi connectivity index (χ1) is 19.6. The van der Waals surface area contributed by atoms with Crippen molar-refractivity contribution in [3.63, 3.8) is 0 Å². The largest absolute Gasteiger partial charge is 0.390 e. The summed E-state index contributed by atoms with van der Waals surface area (Å²) >= 11 is 0. The highest BCUT2D eigenvalue weighted by Gasteiger charge is 2.42. The van der Waals surface area contributed by atoms with Crippen molar-refractivity contribution in [3.05, 3.63) is 59.7 Å². The number of aliphatic hydroxyl groups excluding tert-OH is 1. The van der Waals surface area contributed by atoms with E-state index in [1.807, 2.05) is 43.3 Å². The molecule has 42 heavy (non-hydrogen) atoms. The molecule has 1 aliphatic heterocycles. The average Bonchev–Trinajstić information content (AvgIpc) is 3.71. The number of aliphatic hydroxyl groups is 1. The van der Waals surface area contributed by atoms with E-state index in [-0.39, 0.29) is 23.9 Å². The maximum atomic E-state index is 13.7. The Morgan fingerprint density at radius 3 is 2.48 bits per heavy atom. The lowest BCUT2D eigenvalue weighted by molar-refractivity contribution is 0.0821. The van der Waals surface area contributed by atoms with Gasteiger partial charge in [0.15, 0.2) is 0 Å². The van der Waals surface area contributed by atoms with Crippen LogP contribution in [0.5, 0.6) is 0 Å². The van der Waals surface area contributed by atoms with E-state index in [9.17, 15) is 19.0 Å². The van der Waals surface area contributed by atoms with Crippen LogP contribution in [0.25, 0.3) is 0 Å². The highest BCUT2D eigenvalue weighted by atomic mass is 35.5. The third-order valence-electron chi connectivity index (χ3n) is 8.29. The fourth-order valence-corrected chi connectivity index (χ4v) is 7.36. The second-order valence-electron chi connectivity index (χ2n) is 12.2. The third-order valence-corrected chi connectivity index (χ3v) is 10.2. The SMILES string of the molecule is CCNc1cc(C(=O)N[C@@H](Cc2ccccc2)[C@H](O)CNC2(CCCC(C)C)CC2)cc(N2CCCCS2(O)O)c1.Cl. The standard InChI is InChI=1S/C32H50N4O4S.ClH/c1-4-33-27-20-26(21-28(22-27)36-17-8-9-18-41(36,39)40)31(38)35-29(19-25-12-6-5-7-13-25)30(37)23-34-32(15-16-32)14-10-11-24(2)3;/h5-7,12-13,20-22,24,29-30,33-34,37,39-40H,4,8-11,14-19,23H2,1-3H3,(H,35,38);1H/t29-,30+;/m0./s1. The molecule has 0 bridgehead atoms. The van der Waals surface area contributed by atoms with Crippen molar-refractivity contribution in [1.82, 2.24) is 10.6 Å². The number of hydrogen-bond donors (Lipinski definition) is 6. The van der Waals surface area contributed by atoms with Gasteiger partial charge in [-0.1, -0.05) is 57.0 Å². The summed E-state index contributed by atoms with van der Waals surface area (Å²) in [6, 6.07) is 14.8. The molecule has 2 aromatic carbocycles. The molecule has 0 aromatic heterocycles. The van der Waals surface area contributed by atoms with Gasteiger partial charge in [-0.05, 0) is 75.1 Å². The molecule has 0 spiro atoms. The van der Waals surface area contributed by atoms with Crippen molar-refractivity contribution >= 4 is 40.5 Å². The lowest BCUT2D eigenvalue weighted by atomic mass is 9.99. The highest BCUT2D eigenvalue weighted by Crippen LogP contribution is 2.50. The van der Waals surface area contributed by atoms with Crippen molar-refractivity contribution in [2.75, 3.05) is 35.0 Å². The summed E-state index contributed by atoms with van der Waals surface area (Å²) in [5.74, 6) is 0.727. The Balaban J connectivity index is 0.00000484. The molecular weight excluding hydrogens is 572 g/mol. The number of nitrogens with zero attached hydrogens (tertiary/aromatic N) is 1. The van der Waals surface area contributed by atoms with E-state index in [1.165, 1.54) is 12.8 Å². The minimum atomic E-state index is -2.93. The third kappa shape index (κ3) is 9.76. The van der Waals surface area contributed by atoms with Gasteiger partial charge in [0, 0.05) is 36.4 Å². The smallest absolute Gasteiger partial charge is 0.251 e. The Morgan fingerprint density at radius 2 is 1.83 bits per heavy atom. The van der Waals surface area contributed by atoms with Crippen LogP contribution in [-0.2, 0) is 6.42 Å². The topological polar surface area (TPSA) is 117 Å². The van der Waals surface area contributed by atoms with Gasteiger partial charge in [0.1, 0.15) is 0 Å². The van der Waals surface area contributed by atoms with Crippen LogP contribution in [0.2, 0.25) is 0 Å². The minimum absolute atomic E-state index is 0. The number of amides is 1. The molecule has 6 N–H and O–H groups in total. The van der Waals surface area contributed by atoms with Crippen LogP contribution in [0.3, 0.4) is 0 Å². The van der Waals surface area contributed by atoms with Gasteiger partial charge < -0.3 is 21.1 Å². The second-order valence-corrected chi connectivity index (χ2v) is 14.3. The van der Waals surface area contributed by atoms with Gasteiger partial charge in [-0.2, -0.15) is 0 Å². The predicted molar refractivity (Wildman–Crippen MR) is 178 cm³/mol. The van der Waals surface area contributed by atoms with Crippen molar-refractivity contribution in [2.45, 2.75) is 89.8 Å². The molecular formula is C32H51ClN4O4S. The molecule has 2 fully saturated rings. The van der Waals surface area contributed by atoms with Crippen LogP contribution in [0, 0.1) is 5.92 Å².